The highest BCUT2D eigenvalue weighted by Gasteiger charge is 2.15. The first-order chi connectivity index (χ1) is 10.6. The zero-order valence-corrected chi connectivity index (χ0v) is 11.9. The predicted octanol–water partition coefficient (Wildman–Crippen LogP) is 2.05. The number of hydrogen-bond acceptors (Lipinski definition) is 6. The van der Waals surface area contributed by atoms with Crippen molar-refractivity contribution in [3.63, 3.8) is 0 Å². The smallest absolute Gasteiger partial charge is 0.406 e. The van der Waals surface area contributed by atoms with E-state index >= 15 is 0 Å². The number of nitrogens with zero attached hydrogens (tertiary/aromatic N) is 2. The van der Waals surface area contributed by atoms with E-state index in [0.29, 0.717) is 12.3 Å². The number of aromatic amines is 1. The van der Waals surface area contributed by atoms with Crippen molar-refractivity contribution < 1.29 is 14.4 Å². The second-order valence-corrected chi connectivity index (χ2v) is 4.41. The summed E-state index contributed by atoms with van der Waals surface area (Å²) in [4.78, 5) is 28.5. The molecule has 0 unspecified atom stereocenters. The fourth-order valence-corrected chi connectivity index (χ4v) is 1.70. The SMILES string of the molecule is CCCOc1c[nH]c(COc2cccnc2[N+](=O)[O-])cc1=O. The first-order valence-electron chi connectivity index (χ1n) is 6.68. The van der Waals surface area contributed by atoms with Gasteiger partial charge in [0.1, 0.15) is 12.8 Å². The number of ether oxygens (including phenoxy) is 2. The Labute approximate surface area is 125 Å². The molecule has 0 saturated carbocycles. The van der Waals surface area contributed by atoms with Crippen molar-refractivity contribution in [3.8, 4) is 11.5 Å². The van der Waals surface area contributed by atoms with Gasteiger partial charge >= 0.3 is 5.82 Å². The summed E-state index contributed by atoms with van der Waals surface area (Å²) < 4.78 is 10.6. The molecule has 2 rings (SSSR count). The van der Waals surface area contributed by atoms with Crippen molar-refractivity contribution in [1.29, 1.82) is 0 Å². The summed E-state index contributed by atoms with van der Waals surface area (Å²) in [7, 11) is 0. The molecule has 2 aromatic rings. The molecule has 116 valence electrons. The molecule has 0 spiro atoms. The van der Waals surface area contributed by atoms with Crippen molar-refractivity contribution in [2.75, 3.05) is 6.61 Å². The van der Waals surface area contributed by atoms with Gasteiger partial charge in [0, 0.05) is 12.3 Å². The molecule has 0 aliphatic rings. The van der Waals surface area contributed by atoms with E-state index in [1.54, 1.807) is 0 Å². The Morgan fingerprint density at radius 1 is 1.36 bits per heavy atom. The van der Waals surface area contributed by atoms with E-state index in [1.165, 1.54) is 30.6 Å². The molecule has 0 aliphatic carbocycles. The van der Waals surface area contributed by atoms with Crippen LogP contribution in [0.3, 0.4) is 0 Å². The molecular weight excluding hydrogens is 290 g/mol. The Hall–Kier alpha value is -2.90. The molecule has 0 amide bonds. The van der Waals surface area contributed by atoms with Gasteiger partial charge < -0.3 is 24.6 Å². The highest BCUT2D eigenvalue weighted by Crippen LogP contribution is 2.23. The van der Waals surface area contributed by atoms with Crippen LogP contribution >= 0.6 is 0 Å². The van der Waals surface area contributed by atoms with Gasteiger partial charge in [-0.1, -0.05) is 6.92 Å². The fraction of sp³-hybridized carbons (Fsp3) is 0.286. The lowest BCUT2D eigenvalue weighted by molar-refractivity contribution is -0.390. The molecule has 0 radical (unpaired) electrons. The number of H-pyrrole nitrogens is 1. The third-order valence-electron chi connectivity index (χ3n) is 2.71. The lowest BCUT2D eigenvalue weighted by atomic mass is 10.3. The minimum atomic E-state index is -0.625. The second-order valence-electron chi connectivity index (χ2n) is 4.41. The second kappa shape index (κ2) is 7.21. The van der Waals surface area contributed by atoms with Crippen molar-refractivity contribution in [3.05, 3.63) is 56.6 Å². The van der Waals surface area contributed by atoms with Crippen molar-refractivity contribution in [1.82, 2.24) is 9.97 Å². The summed E-state index contributed by atoms with van der Waals surface area (Å²) in [6.07, 6.45) is 3.57. The van der Waals surface area contributed by atoms with Gasteiger partial charge in [-0.3, -0.25) is 4.79 Å². The van der Waals surface area contributed by atoms with Gasteiger partial charge in [0.05, 0.1) is 12.3 Å². The zero-order valence-electron chi connectivity index (χ0n) is 11.9. The Balaban J connectivity index is 2.08. The Morgan fingerprint density at radius 3 is 2.86 bits per heavy atom. The monoisotopic (exact) mass is 305 g/mol. The molecule has 0 fully saturated rings. The van der Waals surface area contributed by atoms with E-state index in [2.05, 4.69) is 9.97 Å². The molecule has 2 heterocycles. The molecule has 0 saturated heterocycles. The van der Waals surface area contributed by atoms with Crippen LogP contribution in [0.25, 0.3) is 0 Å². The Morgan fingerprint density at radius 2 is 2.18 bits per heavy atom. The number of aromatic nitrogens is 2. The minimum Gasteiger partial charge on any atom is -0.488 e. The van der Waals surface area contributed by atoms with Crippen LogP contribution in [-0.2, 0) is 6.61 Å². The van der Waals surface area contributed by atoms with Crippen LogP contribution in [0.4, 0.5) is 5.82 Å². The maximum absolute atomic E-state index is 11.8. The van der Waals surface area contributed by atoms with Gasteiger partial charge in [-0.25, -0.2) is 0 Å². The Kier molecular flexibility index (Phi) is 5.07. The molecule has 8 heteroatoms. The van der Waals surface area contributed by atoms with Crippen LogP contribution in [0.15, 0.2) is 35.4 Å². The van der Waals surface area contributed by atoms with E-state index in [-0.39, 0.29) is 29.4 Å². The fourth-order valence-electron chi connectivity index (χ4n) is 1.70. The van der Waals surface area contributed by atoms with Crippen molar-refractivity contribution >= 4 is 5.82 Å². The molecule has 1 N–H and O–H groups in total. The summed E-state index contributed by atoms with van der Waals surface area (Å²) in [6.45, 7) is 2.38. The van der Waals surface area contributed by atoms with E-state index in [0.717, 1.165) is 6.42 Å². The van der Waals surface area contributed by atoms with Crippen LogP contribution < -0.4 is 14.9 Å². The van der Waals surface area contributed by atoms with Gasteiger partial charge in [0.25, 0.3) is 0 Å². The van der Waals surface area contributed by atoms with E-state index in [4.69, 9.17) is 9.47 Å². The maximum atomic E-state index is 11.8. The average Bonchev–Trinajstić information content (AvgIpc) is 2.52. The van der Waals surface area contributed by atoms with E-state index < -0.39 is 4.92 Å². The predicted molar refractivity (Wildman–Crippen MR) is 78.1 cm³/mol. The minimum absolute atomic E-state index is 0.0180. The third kappa shape index (κ3) is 3.81. The number of rotatable bonds is 7. The van der Waals surface area contributed by atoms with Crippen LogP contribution in [0.1, 0.15) is 19.0 Å². The summed E-state index contributed by atoms with van der Waals surface area (Å²) in [5.41, 5.74) is 0.207. The van der Waals surface area contributed by atoms with Gasteiger partial charge in [0.15, 0.2) is 5.75 Å². The highest BCUT2D eigenvalue weighted by molar-refractivity contribution is 5.38. The molecule has 0 bridgehead atoms. The highest BCUT2D eigenvalue weighted by atomic mass is 16.6. The average molecular weight is 305 g/mol. The topological polar surface area (TPSA) is 107 Å². The lowest BCUT2D eigenvalue weighted by Crippen LogP contribution is -2.11. The molecule has 0 aromatic carbocycles. The number of nitro groups is 1. The molecule has 22 heavy (non-hydrogen) atoms. The molecular formula is C14H15N3O5. The molecule has 0 atom stereocenters. The quantitative estimate of drug-likeness (QED) is 0.619. The van der Waals surface area contributed by atoms with Gasteiger partial charge in [-0.05, 0) is 28.5 Å². The van der Waals surface area contributed by atoms with Gasteiger partial charge in [0.2, 0.25) is 11.2 Å². The standard InChI is InChI=1S/C14H15N3O5/c1-2-6-21-13-8-16-10(7-11(13)18)9-22-12-4-3-5-15-14(12)17(19)20/h3-5,7-8H,2,6,9H2,1H3,(H,16,18). The number of nitrogens with one attached hydrogen (secondary N) is 1. The summed E-state index contributed by atoms with van der Waals surface area (Å²) in [5, 5.41) is 10.8. The molecule has 0 aliphatic heterocycles. The first-order valence-corrected chi connectivity index (χ1v) is 6.68. The molecule has 8 nitrogen and oxygen atoms in total. The van der Waals surface area contributed by atoms with Gasteiger partial charge in [-0.15, -0.1) is 0 Å². The van der Waals surface area contributed by atoms with Crippen LogP contribution in [0.2, 0.25) is 0 Å². The van der Waals surface area contributed by atoms with Crippen LogP contribution in [0.5, 0.6) is 11.5 Å². The number of hydrogen-bond donors (Lipinski definition) is 1. The zero-order chi connectivity index (χ0) is 15.9. The third-order valence-corrected chi connectivity index (χ3v) is 2.71. The van der Waals surface area contributed by atoms with Crippen LogP contribution in [0, 0.1) is 10.1 Å². The normalized spacial score (nSPS) is 10.2. The maximum Gasteiger partial charge on any atom is 0.406 e. The summed E-state index contributed by atoms with van der Waals surface area (Å²) in [5.74, 6) is -0.0923. The lowest BCUT2D eigenvalue weighted by Gasteiger charge is -2.07. The van der Waals surface area contributed by atoms with Crippen molar-refractivity contribution in [2.45, 2.75) is 20.0 Å². The van der Waals surface area contributed by atoms with Gasteiger partial charge in [-0.2, -0.15) is 0 Å². The summed E-state index contributed by atoms with van der Waals surface area (Å²) >= 11 is 0. The first kappa shape index (κ1) is 15.5. The molecule has 2 aromatic heterocycles. The van der Waals surface area contributed by atoms with Crippen LogP contribution in [-0.4, -0.2) is 21.5 Å². The van der Waals surface area contributed by atoms with Crippen molar-refractivity contribution in [2.24, 2.45) is 0 Å². The number of pyridine rings is 2. The largest absolute Gasteiger partial charge is 0.488 e. The van der Waals surface area contributed by atoms with E-state index in [1.807, 2.05) is 6.92 Å². The Bertz CT molecular complexity index is 714. The van der Waals surface area contributed by atoms with E-state index in [9.17, 15) is 14.9 Å². The summed E-state index contributed by atoms with van der Waals surface area (Å²) in [6, 6.07) is 4.32.